The third-order valence-corrected chi connectivity index (χ3v) is 6.47. The number of halogens is 2. The largest absolute Gasteiger partial charge is 0.325 e. The standard InChI is InChI=1S/C21H18F2N4O2S2/c1-11(2)9-27-20(29)18-17(13-4-3-7-24-19(13)31-18)26-21(27)30-10-16(28)25-12-5-6-14(22)15(23)8-12/h3-8,11H,9-10H2,1-2H3,(H,25,28). The fourth-order valence-corrected chi connectivity index (χ4v) is 4.91. The summed E-state index contributed by atoms with van der Waals surface area (Å²) in [6.07, 6.45) is 1.67. The highest BCUT2D eigenvalue weighted by molar-refractivity contribution is 7.99. The number of carbonyl (C=O) groups is 1. The van der Waals surface area contributed by atoms with E-state index >= 15 is 0 Å². The Balaban J connectivity index is 1.64. The number of fused-ring (bicyclic) bond motifs is 3. The number of hydrogen-bond donors (Lipinski definition) is 1. The van der Waals surface area contributed by atoms with Gasteiger partial charge in [0, 0.05) is 29.9 Å². The van der Waals surface area contributed by atoms with Gasteiger partial charge in [-0.1, -0.05) is 25.6 Å². The number of aromatic nitrogens is 3. The van der Waals surface area contributed by atoms with Crippen molar-refractivity contribution in [3.63, 3.8) is 0 Å². The second kappa shape index (κ2) is 8.72. The van der Waals surface area contributed by atoms with Crippen LogP contribution in [0.3, 0.4) is 0 Å². The second-order valence-electron chi connectivity index (χ2n) is 7.31. The molecule has 10 heteroatoms. The van der Waals surface area contributed by atoms with Crippen LogP contribution in [0.4, 0.5) is 14.5 Å². The summed E-state index contributed by atoms with van der Waals surface area (Å²) < 4.78 is 28.5. The molecular formula is C21H18F2N4O2S2. The van der Waals surface area contributed by atoms with E-state index in [9.17, 15) is 18.4 Å². The zero-order valence-corrected chi connectivity index (χ0v) is 18.3. The first-order chi connectivity index (χ1) is 14.8. The van der Waals surface area contributed by atoms with Crippen molar-refractivity contribution in [1.29, 1.82) is 0 Å². The summed E-state index contributed by atoms with van der Waals surface area (Å²) in [5, 5.41) is 3.75. The number of thiophene rings is 1. The number of hydrogen-bond acceptors (Lipinski definition) is 6. The van der Waals surface area contributed by atoms with Gasteiger partial charge in [-0.05, 0) is 30.2 Å². The fraction of sp³-hybridized carbons (Fsp3) is 0.238. The lowest BCUT2D eigenvalue weighted by atomic mass is 10.2. The van der Waals surface area contributed by atoms with Crippen molar-refractivity contribution < 1.29 is 13.6 Å². The summed E-state index contributed by atoms with van der Waals surface area (Å²) in [4.78, 5) is 35.3. The lowest BCUT2D eigenvalue weighted by Crippen LogP contribution is -2.25. The first-order valence-corrected chi connectivity index (χ1v) is 11.3. The van der Waals surface area contributed by atoms with Gasteiger partial charge in [0.2, 0.25) is 5.91 Å². The van der Waals surface area contributed by atoms with Crippen molar-refractivity contribution in [2.75, 3.05) is 11.1 Å². The van der Waals surface area contributed by atoms with E-state index in [0.29, 0.717) is 21.9 Å². The zero-order valence-electron chi connectivity index (χ0n) is 16.7. The predicted octanol–water partition coefficient (Wildman–Crippen LogP) is 4.67. The molecule has 0 unspecified atom stereocenters. The lowest BCUT2D eigenvalue weighted by Gasteiger charge is -2.14. The number of pyridine rings is 1. The molecule has 0 saturated carbocycles. The van der Waals surface area contributed by atoms with Gasteiger partial charge in [-0.25, -0.2) is 18.7 Å². The number of rotatable bonds is 6. The zero-order chi connectivity index (χ0) is 22.1. The van der Waals surface area contributed by atoms with E-state index in [4.69, 9.17) is 0 Å². The summed E-state index contributed by atoms with van der Waals surface area (Å²) in [6.45, 7) is 4.44. The van der Waals surface area contributed by atoms with Crippen LogP contribution >= 0.6 is 23.1 Å². The minimum absolute atomic E-state index is 0.0463. The molecule has 3 heterocycles. The van der Waals surface area contributed by atoms with E-state index in [2.05, 4.69) is 15.3 Å². The van der Waals surface area contributed by atoms with Gasteiger partial charge < -0.3 is 5.32 Å². The maximum atomic E-state index is 13.4. The molecule has 0 radical (unpaired) electrons. The van der Waals surface area contributed by atoms with Crippen LogP contribution in [-0.4, -0.2) is 26.2 Å². The quantitative estimate of drug-likeness (QED) is 0.334. The van der Waals surface area contributed by atoms with Crippen LogP contribution < -0.4 is 10.9 Å². The monoisotopic (exact) mass is 460 g/mol. The van der Waals surface area contributed by atoms with Gasteiger partial charge in [0.1, 0.15) is 9.53 Å². The van der Waals surface area contributed by atoms with Gasteiger partial charge in [-0.3, -0.25) is 14.2 Å². The Kier molecular flexibility index (Phi) is 6.01. The molecule has 0 aliphatic carbocycles. The summed E-state index contributed by atoms with van der Waals surface area (Å²) in [7, 11) is 0. The molecular weight excluding hydrogens is 442 g/mol. The van der Waals surface area contributed by atoms with Crippen LogP contribution in [-0.2, 0) is 11.3 Å². The molecule has 160 valence electrons. The van der Waals surface area contributed by atoms with Gasteiger partial charge in [-0.15, -0.1) is 11.3 Å². The lowest BCUT2D eigenvalue weighted by molar-refractivity contribution is -0.113. The van der Waals surface area contributed by atoms with Gasteiger partial charge >= 0.3 is 0 Å². The number of benzene rings is 1. The van der Waals surface area contributed by atoms with E-state index in [1.54, 1.807) is 16.8 Å². The summed E-state index contributed by atoms with van der Waals surface area (Å²) >= 11 is 2.43. The van der Waals surface area contributed by atoms with Crippen molar-refractivity contribution in [2.45, 2.75) is 25.5 Å². The smallest absolute Gasteiger partial charge is 0.272 e. The van der Waals surface area contributed by atoms with E-state index in [0.717, 1.165) is 34.1 Å². The van der Waals surface area contributed by atoms with Crippen molar-refractivity contribution in [2.24, 2.45) is 5.92 Å². The molecule has 3 aromatic heterocycles. The number of anilines is 1. The first kappa shape index (κ1) is 21.4. The third kappa shape index (κ3) is 4.45. The van der Waals surface area contributed by atoms with Gasteiger partial charge in [-0.2, -0.15) is 0 Å². The highest BCUT2D eigenvalue weighted by Gasteiger charge is 2.18. The second-order valence-corrected chi connectivity index (χ2v) is 9.25. The van der Waals surface area contributed by atoms with Crippen molar-refractivity contribution >= 4 is 55.1 Å². The van der Waals surface area contributed by atoms with Crippen LogP contribution in [0.25, 0.3) is 20.4 Å². The van der Waals surface area contributed by atoms with Gasteiger partial charge in [0.25, 0.3) is 5.56 Å². The Hall–Kier alpha value is -2.85. The Morgan fingerprint density at radius 1 is 1.26 bits per heavy atom. The maximum absolute atomic E-state index is 13.4. The number of nitrogens with one attached hydrogen (secondary N) is 1. The van der Waals surface area contributed by atoms with Gasteiger partial charge in [0.15, 0.2) is 16.8 Å². The molecule has 0 aliphatic heterocycles. The highest BCUT2D eigenvalue weighted by Crippen LogP contribution is 2.30. The molecule has 0 atom stereocenters. The van der Waals surface area contributed by atoms with Crippen LogP contribution in [0, 0.1) is 17.6 Å². The van der Waals surface area contributed by atoms with Crippen LogP contribution in [0.1, 0.15) is 13.8 Å². The third-order valence-electron chi connectivity index (χ3n) is 4.40. The number of nitrogens with zero attached hydrogens (tertiary/aromatic N) is 3. The van der Waals surface area contributed by atoms with E-state index in [1.807, 2.05) is 19.9 Å². The molecule has 0 spiro atoms. The van der Waals surface area contributed by atoms with Crippen molar-refractivity contribution in [3.8, 4) is 0 Å². The Labute approximate surface area is 184 Å². The van der Waals surface area contributed by atoms with E-state index < -0.39 is 17.5 Å². The minimum atomic E-state index is -1.04. The molecule has 0 aliphatic rings. The molecule has 1 N–H and O–H groups in total. The summed E-state index contributed by atoms with van der Waals surface area (Å²) in [5.74, 6) is -2.30. The highest BCUT2D eigenvalue weighted by atomic mass is 32.2. The molecule has 0 fully saturated rings. The average molecular weight is 461 g/mol. The average Bonchev–Trinajstić information content (AvgIpc) is 3.10. The molecule has 31 heavy (non-hydrogen) atoms. The first-order valence-electron chi connectivity index (χ1n) is 9.49. The molecule has 4 aromatic rings. The molecule has 4 rings (SSSR count). The summed E-state index contributed by atoms with van der Waals surface area (Å²) in [6, 6.07) is 6.80. The van der Waals surface area contributed by atoms with Crippen molar-refractivity contribution in [1.82, 2.24) is 14.5 Å². The molecule has 0 bridgehead atoms. The Bertz CT molecular complexity index is 1350. The van der Waals surface area contributed by atoms with Crippen LogP contribution in [0.15, 0.2) is 46.5 Å². The maximum Gasteiger partial charge on any atom is 0.272 e. The van der Waals surface area contributed by atoms with Crippen molar-refractivity contribution in [3.05, 3.63) is 58.5 Å². The number of carbonyl (C=O) groups excluding carboxylic acids is 1. The van der Waals surface area contributed by atoms with Gasteiger partial charge in [0.05, 0.1) is 11.3 Å². The van der Waals surface area contributed by atoms with E-state index in [1.165, 1.54) is 17.4 Å². The fourth-order valence-electron chi connectivity index (χ4n) is 3.08. The summed E-state index contributed by atoms with van der Waals surface area (Å²) in [5.41, 5.74) is 0.564. The Morgan fingerprint density at radius 3 is 2.81 bits per heavy atom. The number of amides is 1. The molecule has 0 saturated heterocycles. The van der Waals surface area contributed by atoms with Crippen LogP contribution in [0.5, 0.6) is 0 Å². The normalized spacial score (nSPS) is 11.5. The van der Waals surface area contributed by atoms with E-state index in [-0.39, 0.29) is 22.9 Å². The molecule has 6 nitrogen and oxygen atoms in total. The minimum Gasteiger partial charge on any atom is -0.325 e. The molecule has 1 aromatic carbocycles. The SMILES string of the molecule is CC(C)Cn1c(SCC(=O)Nc2ccc(F)c(F)c2)nc2c(sc3ncccc32)c1=O. The van der Waals surface area contributed by atoms with Crippen LogP contribution in [0.2, 0.25) is 0 Å². The molecule has 1 amide bonds. The topological polar surface area (TPSA) is 76.9 Å². The Morgan fingerprint density at radius 2 is 2.06 bits per heavy atom. The predicted molar refractivity (Wildman–Crippen MR) is 120 cm³/mol. The number of thioether (sulfide) groups is 1.